The van der Waals surface area contributed by atoms with E-state index in [1.165, 1.54) is 18.5 Å². The first-order chi connectivity index (χ1) is 9.36. The molecule has 1 saturated heterocycles. The Morgan fingerprint density at radius 1 is 1.40 bits per heavy atom. The van der Waals surface area contributed by atoms with Crippen molar-refractivity contribution < 1.29 is 0 Å². The van der Waals surface area contributed by atoms with Gasteiger partial charge in [-0.2, -0.15) is 11.3 Å². The van der Waals surface area contributed by atoms with Crippen molar-refractivity contribution in [2.24, 2.45) is 11.3 Å². The van der Waals surface area contributed by atoms with Crippen LogP contribution >= 0.6 is 11.3 Å². The van der Waals surface area contributed by atoms with E-state index in [-0.39, 0.29) is 0 Å². The summed E-state index contributed by atoms with van der Waals surface area (Å²) >= 11 is 1.81. The summed E-state index contributed by atoms with van der Waals surface area (Å²) in [5.41, 5.74) is 1.79. The van der Waals surface area contributed by atoms with E-state index in [1.54, 1.807) is 11.3 Å². The van der Waals surface area contributed by atoms with Crippen LogP contribution in [0.5, 0.6) is 0 Å². The minimum absolute atomic E-state index is 0.325. The Morgan fingerprint density at radius 2 is 2.15 bits per heavy atom. The standard InChI is InChI=1S/C17H30N2S/c1-13(2)8-15-11-19(10-14-6-7-20-12-14)16(9-18-15)17(3,4)5/h6-7,12-13,15-16,18H,8-11H2,1-5H3. The van der Waals surface area contributed by atoms with Crippen molar-refractivity contribution in [1.29, 1.82) is 0 Å². The first kappa shape index (κ1) is 16.0. The molecule has 0 radical (unpaired) electrons. The Balaban J connectivity index is 2.06. The molecule has 20 heavy (non-hydrogen) atoms. The quantitative estimate of drug-likeness (QED) is 0.903. The lowest BCUT2D eigenvalue weighted by atomic mass is 9.83. The van der Waals surface area contributed by atoms with Crippen molar-refractivity contribution >= 4 is 11.3 Å². The van der Waals surface area contributed by atoms with Crippen molar-refractivity contribution in [2.45, 2.75) is 59.7 Å². The first-order valence-corrected chi connectivity index (χ1v) is 8.79. The van der Waals surface area contributed by atoms with Crippen LogP contribution in [0.4, 0.5) is 0 Å². The Bertz CT molecular complexity index is 392. The summed E-state index contributed by atoms with van der Waals surface area (Å²) in [6.45, 7) is 15.1. The molecule has 2 atom stereocenters. The summed E-state index contributed by atoms with van der Waals surface area (Å²) in [7, 11) is 0. The van der Waals surface area contributed by atoms with E-state index >= 15 is 0 Å². The summed E-state index contributed by atoms with van der Waals surface area (Å²) in [6.07, 6.45) is 1.27. The molecular formula is C17H30N2S. The highest BCUT2D eigenvalue weighted by molar-refractivity contribution is 7.07. The lowest BCUT2D eigenvalue weighted by Crippen LogP contribution is -2.60. The lowest BCUT2D eigenvalue weighted by molar-refractivity contribution is 0.0453. The zero-order chi connectivity index (χ0) is 14.8. The molecule has 0 amide bonds. The topological polar surface area (TPSA) is 15.3 Å². The minimum atomic E-state index is 0.325. The van der Waals surface area contributed by atoms with Gasteiger partial charge in [0, 0.05) is 31.7 Å². The summed E-state index contributed by atoms with van der Waals surface area (Å²) in [6, 6.07) is 3.53. The van der Waals surface area contributed by atoms with Gasteiger partial charge in [0.2, 0.25) is 0 Å². The Kier molecular flexibility index (Phi) is 5.27. The number of hydrogen-bond donors (Lipinski definition) is 1. The average Bonchev–Trinajstić information content (AvgIpc) is 2.79. The number of piperazine rings is 1. The number of rotatable bonds is 4. The Labute approximate surface area is 128 Å². The largest absolute Gasteiger partial charge is 0.311 e. The van der Waals surface area contributed by atoms with Gasteiger partial charge in [-0.1, -0.05) is 34.6 Å². The van der Waals surface area contributed by atoms with Crippen molar-refractivity contribution in [1.82, 2.24) is 10.2 Å². The molecule has 0 aromatic carbocycles. The van der Waals surface area contributed by atoms with E-state index in [4.69, 9.17) is 0 Å². The molecule has 114 valence electrons. The zero-order valence-corrected chi connectivity index (χ0v) is 14.5. The molecule has 0 bridgehead atoms. The van der Waals surface area contributed by atoms with Crippen molar-refractivity contribution in [3.05, 3.63) is 22.4 Å². The van der Waals surface area contributed by atoms with E-state index in [1.807, 2.05) is 0 Å². The summed E-state index contributed by atoms with van der Waals surface area (Å²) < 4.78 is 0. The van der Waals surface area contributed by atoms with Gasteiger partial charge in [0.15, 0.2) is 0 Å². The maximum atomic E-state index is 3.78. The maximum absolute atomic E-state index is 3.78. The predicted octanol–water partition coefficient (Wildman–Crippen LogP) is 3.98. The van der Waals surface area contributed by atoms with E-state index in [9.17, 15) is 0 Å². The van der Waals surface area contributed by atoms with E-state index in [0.29, 0.717) is 17.5 Å². The van der Waals surface area contributed by atoms with Gasteiger partial charge in [-0.3, -0.25) is 4.90 Å². The number of thiophene rings is 1. The van der Waals surface area contributed by atoms with Crippen LogP contribution in [0.3, 0.4) is 0 Å². The maximum Gasteiger partial charge on any atom is 0.0273 e. The van der Waals surface area contributed by atoms with Gasteiger partial charge in [0.25, 0.3) is 0 Å². The molecule has 1 fully saturated rings. The zero-order valence-electron chi connectivity index (χ0n) is 13.6. The van der Waals surface area contributed by atoms with Gasteiger partial charge in [0.05, 0.1) is 0 Å². The van der Waals surface area contributed by atoms with Gasteiger partial charge in [0.1, 0.15) is 0 Å². The third-order valence-electron chi connectivity index (χ3n) is 4.22. The highest BCUT2D eigenvalue weighted by Crippen LogP contribution is 2.29. The fourth-order valence-corrected chi connectivity index (χ4v) is 3.91. The summed E-state index contributed by atoms with van der Waals surface area (Å²) in [5, 5.41) is 8.26. The number of hydrogen-bond acceptors (Lipinski definition) is 3. The van der Waals surface area contributed by atoms with E-state index < -0.39 is 0 Å². The molecule has 1 N–H and O–H groups in total. The second-order valence-electron chi connectivity index (χ2n) is 7.68. The van der Waals surface area contributed by atoms with Gasteiger partial charge < -0.3 is 5.32 Å². The van der Waals surface area contributed by atoms with Crippen LogP contribution in [-0.4, -0.2) is 30.1 Å². The predicted molar refractivity (Wildman–Crippen MR) is 89.2 cm³/mol. The molecule has 1 aliphatic rings. The van der Waals surface area contributed by atoms with Crippen molar-refractivity contribution in [3.63, 3.8) is 0 Å². The third kappa shape index (κ3) is 4.31. The highest BCUT2D eigenvalue weighted by atomic mass is 32.1. The summed E-state index contributed by atoms with van der Waals surface area (Å²) in [4.78, 5) is 2.70. The Hall–Kier alpha value is -0.380. The van der Waals surface area contributed by atoms with Crippen LogP contribution in [0.1, 0.15) is 46.6 Å². The molecule has 0 saturated carbocycles. The molecule has 1 aromatic rings. The van der Waals surface area contributed by atoms with Crippen LogP contribution in [0.25, 0.3) is 0 Å². The molecule has 1 aliphatic heterocycles. The molecular weight excluding hydrogens is 264 g/mol. The van der Waals surface area contributed by atoms with Crippen LogP contribution in [0.2, 0.25) is 0 Å². The van der Waals surface area contributed by atoms with E-state index in [0.717, 1.165) is 19.0 Å². The van der Waals surface area contributed by atoms with Crippen molar-refractivity contribution in [2.75, 3.05) is 13.1 Å². The number of nitrogens with zero attached hydrogens (tertiary/aromatic N) is 1. The Morgan fingerprint density at radius 3 is 2.70 bits per heavy atom. The van der Waals surface area contributed by atoms with Crippen LogP contribution < -0.4 is 5.32 Å². The molecule has 0 aliphatic carbocycles. The monoisotopic (exact) mass is 294 g/mol. The molecule has 1 aromatic heterocycles. The molecule has 0 spiro atoms. The summed E-state index contributed by atoms with van der Waals surface area (Å²) in [5.74, 6) is 0.765. The second-order valence-corrected chi connectivity index (χ2v) is 8.46. The van der Waals surface area contributed by atoms with Gasteiger partial charge in [-0.15, -0.1) is 0 Å². The minimum Gasteiger partial charge on any atom is -0.311 e. The molecule has 2 heterocycles. The average molecular weight is 295 g/mol. The SMILES string of the molecule is CC(C)CC1CN(Cc2ccsc2)C(C(C)(C)C)CN1. The normalized spacial score (nSPS) is 25.3. The van der Waals surface area contributed by atoms with Crippen LogP contribution in [-0.2, 0) is 6.54 Å². The smallest absolute Gasteiger partial charge is 0.0273 e. The van der Waals surface area contributed by atoms with Gasteiger partial charge >= 0.3 is 0 Å². The van der Waals surface area contributed by atoms with Gasteiger partial charge in [-0.05, 0) is 40.1 Å². The lowest BCUT2D eigenvalue weighted by Gasteiger charge is -2.46. The fourth-order valence-electron chi connectivity index (χ4n) is 3.25. The van der Waals surface area contributed by atoms with E-state index in [2.05, 4.69) is 61.7 Å². The first-order valence-electron chi connectivity index (χ1n) is 7.84. The molecule has 2 unspecified atom stereocenters. The van der Waals surface area contributed by atoms with Crippen LogP contribution in [0.15, 0.2) is 16.8 Å². The third-order valence-corrected chi connectivity index (χ3v) is 4.95. The molecule has 2 rings (SSSR count). The molecule has 3 heteroatoms. The number of nitrogens with one attached hydrogen (secondary N) is 1. The van der Waals surface area contributed by atoms with Gasteiger partial charge in [-0.25, -0.2) is 0 Å². The highest BCUT2D eigenvalue weighted by Gasteiger charge is 2.35. The second kappa shape index (κ2) is 6.59. The van der Waals surface area contributed by atoms with Crippen molar-refractivity contribution in [3.8, 4) is 0 Å². The fraction of sp³-hybridized carbons (Fsp3) is 0.765. The van der Waals surface area contributed by atoms with Crippen LogP contribution in [0, 0.1) is 11.3 Å². The molecule has 2 nitrogen and oxygen atoms in total.